The van der Waals surface area contributed by atoms with Gasteiger partial charge in [-0.3, -0.25) is 4.79 Å². The zero-order valence-electron chi connectivity index (χ0n) is 7.56. The monoisotopic (exact) mass is 198 g/mol. The molecule has 0 aliphatic carbocycles. The lowest BCUT2D eigenvalue weighted by molar-refractivity contribution is -0.143. The molecule has 13 heavy (non-hydrogen) atoms. The Labute approximate surface area is 74.7 Å². The molecule has 2 nitrogen and oxygen atoms in total. The summed E-state index contributed by atoms with van der Waals surface area (Å²) in [5.74, 6) is -1.02. The van der Waals surface area contributed by atoms with Gasteiger partial charge >= 0.3 is 6.18 Å². The predicted octanol–water partition coefficient (Wildman–Crippen LogP) is 1.91. The van der Waals surface area contributed by atoms with E-state index in [2.05, 4.69) is 0 Å². The number of alkyl halides is 3. The average Bonchev–Trinajstić information content (AvgIpc) is 1.97. The van der Waals surface area contributed by atoms with Crippen molar-refractivity contribution in [1.29, 1.82) is 0 Å². The highest BCUT2D eigenvalue weighted by molar-refractivity contribution is 5.78. The first kappa shape index (κ1) is 12.4. The molecule has 0 amide bonds. The van der Waals surface area contributed by atoms with Crippen LogP contribution in [0.15, 0.2) is 0 Å². The molecule has 0 radical (unpaired) electrons. The summed E-state index contributed by atoms with van der Waals surface area (Å²) in [6.07, 6.45) is -6.92. The highest BCUT2D eigenvalue weighted by Gasteiger charge is 2.29. The van der Waals surface area contributed by atoms with Crippen LogP contribution in [0, 0.1) is 5.92 Å². The summed E-state index contributed by atoms with van der Waals surface area (Å²) < 4.78 is 35.1. The molecule has 0 aliphatic rings. The van der Waals surface area contributed by atoms with Gasteiger partial charge in [0, 0.05) is 12.3 Å². The van der Waals surface area contributed by atoms with Crippen LogP contribution >= 0.6 is 0 Å². The Morgan fingerprint density at radius 1 is 1.46 bits per heavy atom. The maximum atomic E-state index is 11.7. The molecule has 78 valence electrons. The van der Waals surface area contributed by atoms with Gasteiger partial charge in [-0.15, -0.1) is 0 Å². The molecule has 0 aromatic carbocycles. The second-order valence-corrected chi connectivity index (χ2v) is 3.12. The second kappa shape index (κ2) is 4.60. The summed E-state index contributed by atoms with van der Waals surface area (Å²) in [4.78, 5) is 10.7. The average molecular weight is 198 g/mol. The van der Waals surface area contributed by atoms with E-state index in [1.165, 1.54) is 13.8 Å². The van der Waals surface area contributed by atoms with E-state index in [9.17, 15) is 18.0 Å². The Kier molecular flexibility index (Phi) is 4.39. The van der Waals surface area contributed by atoms with E-state index in [0.29, 0.717) is 0 Å². The Balaban J connectivity index is 3.88. The van der Waals surface area contributed by atoms with Crippen molar-refractivity contribution in [3.05, 3.63) is 0 Å². The van der Waals surface area contributed by atoms with Gasteiger partial charge in [-0.05, 0) is 13.3 Å². The van der Waals surface area contributed by atoms with E-state index in [0.717, 1.165) is 0 Å². The van der Waals surface area contributed by atoms with Crippen LogP contribution in [0.5, 0.6) is 0 Å². The van der Waals surface area contributed by atoms with Crippen molar-refractivity contribution in [1.82, 2.24) is 0 Å². The first-order chi connectivity index (χ1) is 5.74. The lowest BCUT2D eigenvalue weighted by Gasteiger charge is -2.16. The number of aliphatic hydroxyl groups is 1. The topological polar surface area (TPSA) is 37.3 Å². The van der Waals surface area contributed by atoms with Crippen molar-refractivity contribution in [3.8, 4) is 0 Å². The van der Waals surface area contributed by atoms with Crippen LogP contribution in [-0.2, 0) is 4.79 Å². The summed E-state index contributed by atoms with van der Waals surface area (Å²) in [5.41, 5.74) is 0. The molecule has 1 N–H and O–H groups in total. The van der Waals surface area contributed by atoms with Crippen LogP contribution < -0.4 is 0 Å². The molecule has 0 fully saturated rings. The van der Waals surface area contributed by atoms with Gasteiger partial charge in [0.25, 0.3) is 0 Å². The molecule has 0 bridgehead atoms. The number of hydrogen-bond acceptors (Lipinski definition) is 2. The minimum absolute atomic E-state index is 0.297. The van der Waals surface area contributed by atoms with Gasteiger partial charge < -0.3 is 5.11 Å². The van der Waals surface area contributed by atoms with Crippen molar-refractivity contribution < 1.29 is 23.1 Å². The quantitative estimate of drug-likeness (QED) is 0.749. The fourth-order valence-electron chi connectivity index (χ4n) is 0.832. The summed E-state index contributed by atoms with van der Waals surface area (Å²) in [5, 5.41) is 9.13. The van der Waals surface area contributed by atoms with Gasteiger partial charge in [0.15, 0.2) is 0 Å². The third-order valence-electron chi connectivity index (χ3n) is 1.94. The molecule has 0 aromatic rings. The Morgan fingerprint density at radius 3 is 2.23 bits per heavy atom. The van der Waals surface area contributed by atoms with E-state index < -0.39 is 31.0 Å². The standard InChI is InChI=1S/C8H13F3O2/c1-5(6(2)12)7(13)3-4-8(9,10)11/h5,7,13H,3-4H2,1-2H3/t5-,7-/m1/s1. The summed E-state index contributed by atoms with van der Waals surface area (Å²) in [7, 11) is 0. The fourth-order valence-corrected chi connectivity index (χ4v) is 0.832. The van der Waals surface area contributed by atoms with Crippen molar-refractivity contribution in [2.75, 3.05) is 0 Å². The van der Waals surface area contributed by atoms with Gasteiger partial charge in [-0.2, -0.15) is 13.2 Å². The molecule has 5 heteroatoms. The van der Waals surface area contributed by atoms with Crippen LogP contribution in [0.25, 0.3) is 0 Å². The van der Waals surface area contributed by atoms with Crippen LogP contribution in [0.4, 0.5) is 13.2 Å². The van der Waals surface area contributed by atoms with Gasteiger partial charge in [0.1, 0.15) is 5.78 Å². The van der Waals surface area contributed by atoms with Gasteiger partial charge in [0.05, 0.1) is 6.10 Å². The molecular formula is C8H13F3O2. The Bertz CT molecular complexity index is 177. The van der Waals surface area contributed by atoms with Crippen LogP contribution in [0.3, 0.4) is 0 Å². The Hall–Kier alpha value is -0.580. The number of rotatable bonds is 4. The zero-order valence-corrected chi connectivity index (χ0v) is 7.56. The minimum atomic E-state index is -4.27. The molecule has 2 atom stereocenters. The van der Waals surface area contributed by atoms with Crippen molar-refractivity contribution in [2.45, 2.75) is 39.0 Å². The molecule has 0 saturated heterocycles. The first-order valence-electron chi connectivity index (χ1n) is 3.99. The molecule has 0 unspecified atom stereocenters. The highest BCUT2D eigenvalue weighted by Crippen LogP contribution is 2.24. The van der Waals surface area contributed by atoms with Crippen LogP contribution in [-0.4, -0.2) is 23.2 Å². The molecule has 0 rings (SSSR count). The number of hydrogen-bond donors (Lipinski definition) is 1. The largest absolute Gasteiger partial charge is 0.392 e. The number of Topliss-reactive ketones (excluding diaryl/α,β-unsaturated/α-hetero) is 1. The predicted molar refractivity (Wildman–Crippen MR) is 41.1 cm³/mol. The number of aliphatic hydroxyl groups excluding tert-OH is 1. The molecule has 0 aliphatic heterocycles. The normalized spacial score (nSPS) is 16.8. The van der Waals surface area contributed by atoms with Gasteiger partial charge in [-0.25, -0.2) is 0 Å². The van der Waals surface area contributed by atoms with Crippen molar-refractivity contribution in [3.63, 3.8) is 0 Å². The van der Waals surface area contributed by atoms with E-state index in [1.807, 2.05) is 0 Å². The van der Waals surface area contributed by atoms with Crippen LogP contribution in [0.1, 0.15) is 26.7 Å². The molecule has 0 spiro atoms. The number of ketones is 1. The maximum Gasteiger partial charge on any atom is 0.389 e. The van der Waals surface area contributed by atoms with E-state index in [1.54, 1.807) is 0 Å². The summed E-state index contributed by atoms with van der Waals surface area (Å²) in [6.45, 7) is 2.67. The van der Waals surface area contributed by atoms with Crippen molar-refractivity contribution in [2.24, 2.45) is 5.92 Å². The smallest absolute Gasteiger partial charge is 0.389 e. The van der Waals surface area contributed by atoms with E-state index in [4.69, 9.17) is 5.11 Å². The number of carbonyl (C=O) groups excluding carboxylic acids is 1. The maximum absolute atomic E-state index is 11.7. The SMILES string of the molecule is CC(=O)[C@@H](C)[C@H](O)CCC(F)(F)F. The number of carbonyl (C=O) groups is 1. The molecule has 0 aromatic heterocycles. The second-order valence-electron chi connectivity index (χ2n) is 3.12. The third kappa shape index (κ3) is 5.63. The number of halogens is 3. The minimum Gasteiger partial charge on any atom is -0.392 e. The molecule has 0 heterocycles. The Morgan fingerprint density at radius 2 is 1.92 bits per heavy atom. The lowest BCUT2D eigenvalue weighted by atomic mass is 9.97. The molecular weight excluding hydrogens is 185 g/mol. The van der Waals surface area contributed by atoms with E-state index in [-0.39, 0.29) is 5.78 Å². The van der Waals surface area contributed by atoms with Crippen molar-refractivity contribution >= 4 is 5.78 Å². The first-order valence-corrected chi connectivity index (χ1v) is 3.99. The van der Waals surface area contributed by atoms with Gasteiger partial charge in [0.2, 0.25) is 0 Å². The molecule has 0 saturated carbocycles. The lowest BCUT2D eigenvalue weighted by Crippen LogP contribution is -2.25. The third-order valence-corrected chi connectivity index (χ3v) is 1.94. The summed E-state index contributed by atoms with van der Waals surface area (Å²) in [6, 6.07) is 0. The summed E-state index contributed by atoms with van der Waals surface area (Å²) >= 11 is 0. The highest BCUT2D eigenvalue weighted by atomic mass is 19.4. The van der Waals surface area contributed by atoms with Gasteiger partial charge in [-0.1, -0.05) is 6.92 Å². The zero-order chi connectivity index (χ0) is 10.6. The van der Waals surface area contributed by atoms with Crippen LogP contribution in [0.2, 0.25) is 0 Å². The fraction of sp³-hybridized carbons (Fsp3) is 0.875. The van der Waals surface area contributed by atoms with E-state index >= 15 is 0 Å².